The Hall–Kier alpha value is -3.41. The van der Waals surface area contributed by atoms with Gasteiger partial charge in [-0.1, -0.05) is 24.3 Å². The summed E-state index contributed by atoms with van der Waals surface area (Å²) in [5.41, 5.74) is 0.476. The predicted molar refractivity (Wildman–Crippen MR) is 103 cm³/mol. The third-order valence-corrected chi connectivity index (χ3v) is 4.22. The fourth-order valence-electron chi connectivity index (χ4n) is 2.79. The number of pyridine rings is 1. The molecule has 0 atom stereocenters. The van der Waals surface area contributed by atoms with E-state index in [9.17, 15) is 9.59 Å². The molecule has 0 saturated heterocycles. The van der Waals surface area contributed by atoms with Gasteiger partial charge in [0.25, 0.3) is 0 Å². The number of carbonyl (C=O) groups is 2. The van der Waals surface area contributed by atoms with Gasteiger partial charge in [-0.2, -0.15) is 0 Å². The van der Waals surface area contributed by atoms with Gasteiger partial charge < -0.3 is 14.8 Å². The first-order valence-corrected chi connectivity index (χ1v) is 8.51. The lowest BCUT2D eigenvalue weighted by atomic mass is 10.1. The van der Waals surface area contributed by atoms with E-state index >= 15 is 0 Å². The van der Waals surface area contributed by atoms with Gasteiger partial charge in [0, 0.05) is 30.0 Å². The number of anilines is 1. The van der Waals surface area contributed by atoms with Crippen LogP contribution < -0.4 is 14.8 Å². The molecule has 0 aliphatic carbocycles. The summed E-state index contributed by atoms with van der Waals surface area (Å²) in [6.45, 7) is 0. The van der Waals surface area contributed by atoms with E-state index in [2.05, 4.69) is 10.3 Å². The summed E-state index contributed by atoms with van der Waals surface area (Å²) in [5.74, 6) is 1.13. The van der Waals surface area contributed by atoms with E-state index in [4.69, 9.17) is 9.47 Å². The van der Waals surface area contributed by atoms with Crippen molar-refractivity contribution in [2.75, 3.05) is 19.5 Å². The van der Waals surface area contributed by atoms with E-state index in [-0.39, 0.29) is 24.5 Å². The van der Waals surface area contributed by atoms with Crippen molar-refractivity contribution in [1.82, 2.24) is 4.98 Å². The number of fused-ring (bicyclic) bond motifs is 1. The third-order valence-electron chi connectivity index (χ3n) is 4.22. The molecule has 1 heterocycles. The maximum absolute atomic E-state index is 12.4. The number of rotatable bonds is 7. The number of ketones is 1. The molecule has 6 nitrogen and oxygen atoms in total. The normalized spacial score (nSPS) is 10.4. The number of carbonyl (C=O) groups excluding carboxylic acids is 2. The standard InChI is InChI=1S/C21H20N2O4/c1-26-18-9-7-15(13-19(18)27-2)17(24)8-10-20(25)23-21-16-6-4-3-5-14(16)11-12-22-21/h3-7,9,11-13H,8,10H2,1-2H3,(H,22,23,25). The number of Topliss-reactive ketones (excluding diaryl/α,β-unsaturated/α-hetero) is 1. The van der Waals surface area contributed by atoms with Crippen LogP contribution in [-0.4, -0.2) is 30.9 Å². The third kappa shape index (κ3) is 4.23. The molecule has 0 aliphatic rings. The van der Waals surface area contributed by atoms with Gasteiger partial charge in [0.1, 0.15) is 5.82 Å². The Bertz CT molecular complexity index is 980. The predicted octanol–water partition coefficient (Wildman–Crippen LogP) is 3.85. The number of nitrogens with one attached hydrogen (secondary N) is 1. The van der Waals surface area contributed by atoms with Crippen LogP contribution in [0.25, 0.3) is 10.8 Å². The Morgan fingerprint density at radius 1 is 0.963 bits per heavy atom. The summed E-state index contributed by atoms with van der Waals surface area (Å²) >= 11 is 0. The highest BCUT2D eigenvalue weighted by Gasteiger charge is 2.13. The number of methoxy groups -OCH3 is 2. The first kappa shape index (κ1) is 18.4. The van der Waals surface area contributed by atoms with Crippen molar-refractivity contribution in [1.29, 1.82) is 0 Å². The molecule has 0 unspecified atom stereocenters. The maximum Gasteiger partial charge on any atom is 0.225 e. The molecule has 3 rings (SSSR count). The van der Waals surface area contributed by atoms with E-state index in [1.807, 2.05) is 30.3 Å². The van der Waals surface area contributed by atoms with Crippen molar-refractivity contribution < 1.29 is 19.1 Å². The molecule has 0 radical (unpaired) electrons. The molecule has 0 saturated carbocycles. The summed E-state index contributed by atoms with van der Waals surface area (Å²) in [6.07, 6.45) is 1.80. The topological polar surface area (TPSA) is 77.5 Å². The van der Waals surface area contributed by atoms with Crippen molar-refractivity contribution in [2.45, 2.75) is 12.8 Å². The van der Waals surface area contributed by atoms with Crippen molar-refractivity contribution in [3.8, 4) is 11.5 Å². The number of hydrogen-bond donors (Lipinski definition) is 1. The number of ether oxygens (including phenoxy) is 2. The molecule has 0 spiro atoms. The van der Waals surface area contributed by atoms with Crippen LogP contribution in [0.3, 0.4) is 0 Å². The van der Waals surface area contributed by atoms with Crippen LogP contribution >= 0.6 is 0 Å². The highest BCUT2D eigenvalue weighted by Crippen LogP contribution is 2.28. The molecular weight excluding hydrogens is 344 g/mol. The van der Waals surface area contributed by atoms with Crippen LogP contribution in [0.1, 0.15) is 23.2 Å². The summed E-state index contributed by atoms with van der Waals surface area (Å²) in [5, 5.41) is 4.64. The second kappa shape index (κ2) is 8.31. The molecule has 27 heavy (non-hydrogen) atoms. The number of amides is 1. The zero-order chi connectivity index (χ0) is 19.2. The average molecular weight is 364 g/mol. The largest absolute Gasteiger partial charge is 0.493 e. The number of aromatic nitrogens is 1. The fraction of sp³-hybridized carbons (Fsp3) is 0.190. The van der Waals surface area contributed by atoms with Crippen molar-refractivity contribution in [3.63, 3.8) is 0 Å². The Labute approximate surface area is 157 Å². The lowest BCUT2D eigenvalue weighted by molar-refractivity contribution is -0.116. The average Bonchev–Trinajstić information content (AvgIpc) is 2.71. The van der Waals surface area contributed by atoms with Crippen LogP contribution in [0.5, 0.6) is 11.5 Å². The van der Waals surface area contributed by atoms with E-state index in [1.54, 1.807) is 24.4 Å². The summed E-state index contributed by atoms with van der Waals surface area (Å²) < 4.78 is 10.4. The highest BCUT2D eigenvalue weighted by molar-refractivity contribution is 6.03. The minimum atomic E-state index is -0.257. The van der Waals surface area contributed by atoms with E-state index in [0.717, 1.165) is 10.8 Å². The van der Waals surface area contributed by atoms with Gasteiger partial charge in [-0.25, -0.2) is 4.98 Å². The van der Waals surface area contributed by atoms with Gasteiger partial charge in [-0.05, 0) is 29.7 Å². The number of benzene rings is 2. The summed E-state index contributed by atoms with van der Waals surface area (Å²) in [4.78, 5) is 28.9. The maximum atomic E-state index is 12.4. The first-order chi connectivity index (χ1) is 13.1. The van der Waals surface area contributed by atoms with Crippen molar-refractivity contribution in [2.24, 2.45) is 0 Å². The molecule has 0 fully saturated rings. The van der Waals surface area contributed by atoms with Crippen molar-refractivity contribution in [3.05, 3.63) is 60.3 Å². The van der Waals surface area contributed by atoms with Gasteiger partial charge in [0.15, 0.2) is 17.3 Å². The van der Waals surface area contributed by atoms with E-state index in [0.29, 0.717) is 22.9 Å². The zero-order valence-electron chi connectivity index (χ0n) is 15.2. The van der Waals surface area contributed by atoms with Gasteiger partial charge in [0.2, 0.25) is 5.91 Å². The Morgan fingerprint density at radius 2 is 1.74 bits per heavy atom. The molecular formula is C21H20N2O4. The second-order valence-electron chi connectivity index (χ2n) is 5.92. The van der Waals surface area contributed by atoms with E-state index in [1.165, 1.54) is 14.2 Å². The highest BCUT2D eigenvalue weighted by atomic mass is 16.5. The Morgan fingerprint density at radius 3 is 2.52 bits per heavy atom. The first-order valence-electron chi connectivity index (χ1n) is 8.51. The molecule has 1 aromatic heterocycles. The van der Waals surface area contributed by atoms with Crippen molar-refractivity contribution >= 4 is 28.3 Å². The smallest absolute Gasteiger partial charge is 0.225 e. The molecule has 0 aliphatic heterocycles. The zero-order valence-corrected chi connectivity index (χ0v) is 15.2. The summed E-state index contributed by atoms with van der Waals surface area (Å²) in [6, 6.07) is 14.5. The Kier molecular flexibility index (Phi) is 5.66. The number of nitrogens with zero attached hydrogens (tertiary/aromatic N) is 1. The monoisotopic (exact) mass is 364 g/mol. The van der Waals surface area contributed by atoms with Gasteiger partial charge in [-0.15, -0.1) is 0 Å². The Balaban J connectivity index is 1.64. The van der Waals surface area contributed by atoms with Crippen LogP contribution in [0.15, 0.2) is 54.7 Å². The van der Waals surface area contributed by atoms with Gasteiger partial charge >= 0.3 is 0 Å². The minimum absolute atomic E-state index is 0.0675. The molecule has 3 aromatic rings. The molecule has 6 heteroatoms. The number of hydrogen-bond acceptors (Lipinski definition) is 5. The van der Waals surface area contributed by atoms with Crippen LogP contribution in [-0.2, 0) is 4.79 Å². The summed E-state index contributed by atoms with van der Waals surface area (Å²) in [7, 11) is 3.04. The molecule has 138 valence electrons. The SMILES string of the molecule is COc1ccc(C(=O)CCC(=O)Nc2nccc3ccccc23)cc1OC. The molecule has 2 aromatic carbocycles. The van der Waals surface area contributed by atoms with Crippen LogP contribution in [0.2, 0.25) is 0 Å². The van der Waals surface area contributed by atoms with Crippen LogP contribution in [0, 0.1) is 0 Å². The van der Waals surface area contributed by atoms with E-state index < -0.39 is 0 Å². The lowest BCUT2D eigenvalue weighted by Gasteiger charge is -2.09. The lowest BCUT2D eigenvalue weighted by Crippen LogP contribution is -2.14. The quantitative estimate of drug-likeness (QED) is 0.644. The molecule has 0 bridgehead atoms. The van der Waals surface area contributed by atoms with Crippen LogP contribution in [0.4, 0.5) is 5.82 Å². The minimum Gasteiger partial charge on any atom is -0.493 e. The second-order valence-corrected chi connectivity index (χ2v) is 5.92. The molecule has 1 amide bonds. The fourth-order valence-corrected chi connectivity index (χ4v) is 2.79. The molecule has 1 N–H and O–H groups in total. The van der Waals surface area contributed by atoms with Gasteiger partial charge in [0.05, 0.1) is 14.2 Å². The van der Waals surface area contributed by atoms with Gasteiger partial charge in [-0.3, -0.25) is 9.59 Å².